The first-order chi connectivity index (χ1) is 10.7. The minimum absolute atomic E-state index is 0.114. The number of hydrogen-bond donors (Lipinski definition) is 0. The highest BCUT2D eigenvalue weighted by Crippen LogP contribution is 2.37. The molecule has 0 spiro atoms. The second-order valence-corrected chi connectivity index (χ2v) is 5.06. The lowest BCUT2D eigenvalue weighted by molar-refractivity contribution is 0.104. The Morgan fingerprint density at radius 2 is 1.86 bits per heavy atom. The summed E-state index contributed by atoms with van der Waals surface area (Å²) in [5.74, 6) is 1.83. The van der Waals surface area contributed by atoms with Crippen molar-refractivity contribution in [2.24, 2.45) is 0 Å². The molecular formula is C17H13ClO4. The van der Waals surface area contributed by atoms with E-state index in [0.717, 1.165) is 0 Å². The van der Waals surface area contributed by atoms with E-state index in [9.17, 15) is 4.79 Å². The van der Waals surface area contributed by atoms with Crippen molar-refractivity contribution in [3.63, 3.8) is 0 Å². The summed E-state index contributed by atoms with van der Waals surface area (Å²) < 4.78 is 15.6. The number of carbonyl (C=O) groups excluding carboxylic acids is 1. The fourth-order valence-corrected chi connectivity index (χ4v) is 2.29. The van der Waals surface area contributed by atoms with E-state index in [1.54, 1.807) is 49.6 Å². The molecule has 112 valence electrons. The van der Waals surface area contributed by atoms with E-state index in [0.29, 0.717) is 33.4 Å². The number of methoxy groups -OCH3 is 1. The smallest absolute Gasteiger partial charge is 0.231 e. The van der Waals surface area contributed by atoms with Gasteiger partial charge < -0.3 is 14.2 Å². The molecule has 0 N–H and O–H groups in total. The zero-order valence-electron chi connectivity index (χ0n) is 11.8. The number of hydrogen-bond acceptors (Lipinski definition) is 4. The van der Waals surface area contributed by atoms with Gasteiger partial charge in [0, 0.05) is 11.6 Å². The lowest BCUT2D eigenvalue weighted by atomic mass is 10.1. The van der Waals surface area contributed by atoms with Crippen molar-refractivity contribution in [1.29, 1.82) is 0 Å². The van der Waals surface area contributed by atoms with Gasteiger partial charge in [0.2, 0.25) is 6.79 Å². The second-order valence-electron chi connectivity index (χ2n) is 4.65. The molecule has 5 heteroatoms. The summed E-state index contributed by atoms with van der Waals surface area (Å²) in [4.78, 5) is 12.1. The zero-order chi connectivity index (χ0) is 15.5. The summed E-state index contributed by atoms with van der Waals surface area (Å²) in [5, 5.41) is 0.503. The zero-order valence-corrected chi connectivity index (χ0v) is 12.6. The number of ether oxygens (including phenoxy) is 3. The number of allylic oxidation sites excluding steroid dienone is 1. The van der Waals surface area contributed by atoms with Crippen molar-refractivity contribution in [2.75, 3.05) is 13.9 Å². The van der Waals surface area contributed by atoms with Crippen molar-refractivity contribution in [3.05, 3.63) is 58.6 Å². The average Bonchev–Trinajstić information content (AvgIpc) is 2.99. The number of ketones is 1. The van der Waals surface area contributed by atoms with Crippen LogP contribution in [0.25, 0.3) is 6.08 Å². The fraction of sp³-hybridized carbons (Fsp3) is 0.118. The maximum absolute atomic E-state index is 12.1. The quantitative estimate of drug-likeness (QED) is 0.632. The Kier molecular flexibility index (Phi) is 4.02. The van der Waals surface area contributed by atoms with Crippen LogP contribution in [-0.2, 0) is 0 Å². The van der Waals surface area contributed by atoms with Gasteiger partial charge in [0.1, 0.15) is 5.75 Å². The number of rotatable bonds is 4. The molecule has 0 aromatic heterocycles. The molecule has 1 heterocycles. The van der Waals surface area contributed by atoms with Gasteiger partial charge in [-0.05, 0) is 48.0 Å². The summed E-state index contributed by atoms with van der Waals surface area (Å²) in [7, 11) is 1.58. The van der Waals surface area contributed by atoms with Gasteiger partial charge in [-0.2, -0.15) is 0 Å². The van der Waals surface area contributed by atoms with Crippen LogP contribution in [0.15, 0.2) is 42.5 Å². The number of halogens is 1. The van der Waals surface area contributed by atoms with E-state index in [-0.39, 0.29) is 12.6 Å². The first kappa shape index (κ1) is 14.5. The number of carbonyl (C=O) groups is 1. The van der Waals surface area contributed by atoms with Crippen LogP contribution in [0.2, 0.25) is 5.02 Å². The minimum atomic E-state index is -0.114. The molecule has 0 fully saturated rings. The third-order valence-corrected chi connectivity index (χ3v) is 3.61. The molecule has 22 heavy (non-hydrogen) atoms. The lowest BCUT2D eigenvalue weighted by Crippen LogP contribution is -1.94. The molecular weight excluding hydrogens is 304 g/mol. The van der Waals surface area contributed by atoms with Crippen molar-refractivity contribution in [2.45, 2.75) is 0 Å². The highest BCUT2D eigenvalue weighted by atomic mass is 35.5. The largest absolute Gasteiger partial charge is 0.497 e. The minimum Gasteiger partial charge on any atom is -0.497 e. The van der Waals surface area contributed by atoms with Gasteiger partial charge in [-0.25, -0.2) is 0 Å². The Morgan fingerprint density at radius 1 is 1.18 bits per heavy atom. The lowest BCUT2D eigenvalue weighted by Gasteiger charge is -2.02. The normalized spacial score (nSPS) is 12.6. The van der Waals surface area contributed by atoms with Crippen LogP contribution in [0.3, 0.4) is 0 Å². The Balaban J connectivity index is 1.80. The number of fused-ring (bicyclic) bond motifs is 1. The van der Waals surface area contributed by atoms with Crippen LogP contribution in [0.5, 0.6) is 17.2 Å². The molecule has 1 aliphatic rings. The molecule has 2 aromatic carbocycles. The molecule has 0 radical (unpaired) electrons. The molecule has 1 aliphatic heterocycles. The molecule has 2 aromatic rings. The number of benzene rings is 2. The Bertz CT molecular complexity index is 735. The van der Waals surface area contributed by atoms with Gasteiger partial charge >= 0.3 is 0 Å². The van der Waals surface area contributed by atoms with Crippen LogP contribution in [0, 0.1) is 0 Å². The first-order valence-corrected chi connectivity index (χ1v) is 7.01. The molecule has 0 saturated carbocycles. The van der Waals surface area contributed by atoms with E-state index in [1.165, 1.54) is 6.08 Å². The fourth-order valence-electron chi connectivity index (χ4n) is 2.08. The molecule has 0 aliphatic carbocycles. The van der Waals surface area contributed by atoms with Crippen molar-refractivity contribution in [3.8, 4) is 17.2 Å². The highest BCUT2D eigenvalue weighted by molar-refractivity contribution is 6.32. The first-order valence-electron chi connectivity index (χ1n) is 6.63. The summed E-state index contributed by atoms with van der Waals surface area (Å²) in [6.45, 7) is 0.184. The standard InChI is InChI=1S/C17H13ClO4/c1-20-13-5-2-11(3-6-13)15(19)7-4-12-8-16-17(9-14(12)18)22-10-21-16/h2-9H,10H2,1H3/b7-4+. The molecule has 0 bridgehead atoms. The maximum atomic E-state index is 12.1. The molecule has 0 unspecified atom stereocenters. The summed E-state index contributed by atoms with van der Waals surface area (Å²) in [6.07, 6.45) is 3.14. The van der Waals surface area contributed by atoms with Crippen molar-refractivity contribution < 1.29 is 19.0 Å². The van der Waals surface area contributed by atoms with E-state index in [2.05, 4.69) is 0 Å². The Labute approximate surface area is 132 Å². The van der Waals surface area contributed by atoms with Crippen LogP contribution in [0.4, 0.5) is 0 Å². The summed E-state index contributed by atoms with van der Waals surface area (Å²) in [6, 6.07) is 10.4. The maximum Gasteiger partial charge on any atom is 0.231 e. The van der Waals surface area contributed by atoms with E-state index >= 15 is 0 Å². The molecule has 0 saturated heterocycles. The predicted octanol–water partition coefficient (Wildman–Crippen LogP) is 3.97. The van der Waals surface area contributed by atoms with Crippen molar-refractivity contribution >= 4 is 23.5 Å². The monoisotopic (exact) mass is 316 g/mol. The topological polar surface area (TPSA) is 44.8 Å². The van der Waals surface area contributed by atoms with Crippen molar-refractivity contribution in [1.82, 2.24) is 0 Å². The predicted molar refractivity (Wildman–Crippen MR) is 83.9 cm³/mol. The average molecular weight is 317 g/mol. The third kappa shape index (κ3) is 2.92. The molecule has 4 nitrogen and oxygen atoms in total. The van der Waals surface area contributed by atoms with E-state index < -0.39 is 0 Å². The molecule has 3 rings (SSSR count). The van der Waals surface area contributed by atoms with Gasteiger partial charge in [-0.15, -0.1) is 0 Å². The van der Waals surface area contributed by atoms with Gasteiger partial charge in [-0.3, -0.25) is 4.79 Å². The van der Waals surface area contributed by atoms with Crippen LogP contribution in [-0.4, -0.2) is 19.7 Å². The SMILES string of the molecule is COc1ccc(C(=O)/C=C/c2cc3c(cc2Cl)OCO3)cc1. The van der Waals surface area contributed by atoms with Gasteiger partial charge in [0.25, 0.3) is 0 Å². The highest BCUT2D eigenvalue weighted by Gasteiger charge is 2.15. The van der Waals surface area contributed by atoms with Gasteiger partial charge in [0.05, 0.1) is 12.1 Å². The van der Waals surface area contributed by atoms with Gasteiger partial charge in [0.15, 0.2) is 17.3 Å². The van der Waals surface area contributed by atoms with E-state index in [4.69, 9.17) is 25.8 Å². The van der Waals surface area contributed by atoms with Gasteiger partial charge in [-0.1, -0.05) is 11.6 Å². The summed E-state index contributed by atoms with van der Waals surface area (Å²) >= 11 is 6.16. The molecule has 0 amide bonds. The Morgan fingerprint density at radius 3 is 2.55 bits per heavy atom. The summed E-state index contributed by atoms with van der Waals surface area (Å²) in [5.41, 5.74) is 1.28. The molecule has 0 atom stereocenters. The van der Waals surface area contributed by atoms with Crippen LogP contribution >= 0.6 is 11.6 Å². The third-order valence-electron chi connectivity index (χ3n) is 3.28. The Hall–Kier alpha value is -2.46. The van der Waals surface area contributed by atoms with Crippen LogP contribution in [0.1, 0.15) is 15.9 Å². The van der Waals surface area contributed by atoms with E-state index in [1.807, 2.05) is 0 Å². The second kappa shape index (κ2) is 6.12. The van der Waals surface area contributed by atoms with Crippen LogP contribution < -0.4 is 14.2 Å².